The normalized spacial score (nSPS) is 10.7. The first-order chi connectivity index (χ1) is 9.15. The minimum absolute atomic E-state index is 0.728. The van der Waals surface area contributed by atoms with Crippen LogP contribution in [0.5, 0.6) is 0 Å². The molecule has 2 aromatic heterocycles. The second-order valence-corrected chi connectivity index (χ2v) is 4.73. The predicted molar refractivity (Wildman–Crippen MR) is 78.6 cm³/mol. The molecule has 2 rings (SSSR count). The third-order valence-corrected chi connectivity index (χ3v) is 3.39. The maximum atomic E-state index is 4.61. The van der Waals surface area contributed by atoms with Crippen molar-refractivity contribution in [3.8, 4) is 0 Å². The molecule has 0 aliphatic rings. The SMILES string of the molecule is CCNc1ccnc(Cn2nc(C)c(CC)c2C)c1. The summed E-state index contributed by atoms with van der Waals surface area (Å²) in [6.45, 7) is 10.1. The van der Waals surface area contributed by atoms with Crippen LogP contribution in [0.25, 0.3) is 0 Å². The fourth-order valence-electron chi connectivity index (χ4n) is 2.43. The van der Waals surface area contributed by atoms with Gasteiger partial charge in [0.25, 0.3) is 0 Å². The van der Waals surface area contributed by atoms with Crippen molar-refractivity contribution >= 4 is 5.69 Å². The zero-order valence-corrected chi connectivity index (χ0v) is 12.2. The van der Waals surface area contributed by atoms with Gasteiger partial charge in [-0.1, -0.05) is 6.92 Å². The number of nitrogens with one attached hydrogen (secondary N) is 1. The van der Waals surface area contributed by atoms with Crippen LogP contribution in [-0.2, 0) is 13.0 Å². The molecule has 0 aliphatic heterocycles. The van der Waals surface area contributed by atoms with Gasteiger partial charge in [-0.05, 0) is 44.9 Å². The smallest absolute Gasteiger partial charge is 0.0835 e. The van der Waals surface area contributed by atoms with Gasteiger partial charge < -0.3 is 5.32 Å². The van der Waals surface area contributed by atoms with E-state index in [1.54, 1.807) is 0 Å². The highest BCUT2D eigenvalue weighted by Crippen LogP contribution is 2.15. The van der Waals surface area contributed by atoms with Crippen molar-refractivity contribution in [2.24, 2.45) is 0 Å². The van der Waals surface area contributed by atoms with Crippen LogP contribution in [-0.4, -0.2) is 21.3 Å². The van der Waals surface area contributed by atoms with Gasteiger partial charge in [-0.15, -0.1) is 0 Å². The molecule has 0 radical (unpaired) electrons. The number of hydrogen-bond acceptors (Lipinski definition) is 3. The molecule has 0 atom stereocenters. The van der Waals surface area contributed by atoms with Crippen molar-refractivity contribution in [1.29, 1.82) is 0 Å². The Kier molecular flexibility index (Phi) is 4.20. The number of hydrogen-bond donors (Lipinski definition) is 1. The molecule has 19 heavy (non-hydrogen) atoms. The van der Waals surface area contributed by atoms with E-state index >= 15 is 0 Å². The molecule has 0 spiro atoms. The highest BCUT2D eigenvalue weighted by molar-refractivity contribution is 5.43. The Bertz CT molecular complexity index is 557. The number of pyridine rings is 1. The van der Waals surface area contributed by atoms with E-state index in [4.69, 9.17) is 0 Å². The average Bonchev–Trinajstić information content (AvgIpc) is 2.65. The van der Waals surface area contributed by atoms with Gasteiger partial charge >= 0.3 is 0 Å². The van der Waals surface area contributed by atoms with E-state index < -0.39 is 0 Å². The molecule has 102 valence electrons. The Hall–Kier alpha value is -1.84. The van der Waals surface area contributed by atoms with Gasteiger partial charge in [0.1, 0.15) is 0 Å². The summed E-state index contributed by atoms with van der Waals surface area (Å²) >= 11 is 0. The standard InChI is InChI=1S/C15H22N4/c1-5-15-11(3)18-19(12(15)4)10-14-9-13(16-6-2)7-8-17-14/h7-9H,5-6,10H2,1-4H3,(H,16,17). The molecule has 0 aliphatic carbocycles. The van der Waals surface area contributed by atoms with Gasteiger partial charge in [0.05, 0.1) is 17.9 Å². The minimum atomic E-state index is 0.728. The number of aromatic nitrogens is 3. The zero-order chi connectivity index (χ0) is 13.8. The fraction of sp³-hybridized carbons (Fsp3) is 0.467. The lowest BCUT2D eigenvalue weighted by Crippen LogP contribution is -2.07. The van der Waals surface area contributed by atoms with Crippen molar-refractivity contribution in [2.75, 3.05) is 11.9 Å². The average molecular weight is 258 g/mol. The lowest BCUT2D eigenvalue weighted by Gasteiger charge is -2.07. The first-order valence-corrected chi connectivity index (χ1v) is 6.87. The molecule has 0 saturated carbocycles. The van der Waals surface area contributed by atoms with E-state index in [2.05, 4.69) is 49.2 Å². The summed E-state index contributed by atoms with van der Waals surface area (Å²) in [6.07, 6.45) is 2.88. The van der Waals surface area contributed by atoms with Crippen LogP contribution in [0.3, 0.4) is 0 Å². The van der Waals surface area contributed by atoms with Crippen molar-refractivity contribution in [3.63, 3.8) is 0 Å². The number of rotatable bonds is 5. The number of nitrogens with zero attached hydrogens (tertiary/aromatic N) is 3. The third kappa shape index (κ3) is 2.95. The Morgan fingerprint density at radius 2 is 2.05 bits per heavy atom. The van der Waals surface area contributed by atoms with E-state index in [1.165, 1.54) is 11.3 Å². The van der Waals surface area contributed by atoms with Crippen LogP contribution >= 0.6 is 0 Å². The van der Waals surface area contributed by atoms with Gasteiger partial charge in [0.2, 0.25) is 0 Å². The number of anilines is 1. The van der Waals surface area contributed by atoms with Gasteiger partial charge in [-0.25, -0.2) is 0 Å². The van der Waals surface area contributed by atoms with Crippen molar-refractivity contribution < 1.29 is 0 Å². The van der Waals surface area contributed by atoms with E-state index in [-0.39, 0.29) is 0 Å². The van der Waals surface area contributed by atoms with Crippen molar-refractivity contribution in [2.45, 2.75) is 40.7 Å². The van der Waals surface area contributed by atoms with Crippen LogP contribution in [0.15, 0.2) is 18.3 Å². The van der Waals surface area contributed by atoms with Crippen LogP contribution < -0.4 is 5.32 Å². The highest BCUT2D eigenvalue weighted by atomic mass is 15.3. The second kappa shape index (κ2) is 5.87. The van der Waals surface area contributed by atoms with Crippen LogP contribution in [0.4, 0.5) is 5.69 Å². The third-order valence-electron chi connectivity index (χ3n) is 3.39. The molecule has 4 heteroatoms. The summed E-state index contributed by atoms with van der Waals surface area (Å²) in [7, 11) is 0. The van der Waals surface area contributed by atoms with E-state index in [0.717, 1.165) is 36.6 Å². The molecule has 0 fully saturated rings. The van der Waals surface area contributed by atoms with Gasteiger partial charge in [0, 0.05) is 24.1 Å². The minimum Gasteiger partial charge on any atom is -0.385 e. The van der Waals surface area contributed by atoms with Crippen molar-refractivity contribution in [1.82, 2.24) is 14.8 Å². The Balaban J connectivity index is 2.23. The molecule has 2 heterocycles. The molecule has 4 nitrogen and oxygen atoms in total. The zero-order valence-electron chi connectivity index (χ0n) is 12.2. The lowest BCUT2D eigenvalue weighted by molar-refractivity contribution is 0.646. The molecule has 1 N–H and O–H groups in total. The summed E-state index contributed by atoms with van der Waals surface area (Å²) in [5.41, 5.74) is 5.87. The Labute approximate surface area is 114 Å². The topological polar surface area (TPSA) is 42.7 Å². The molecule has 2 aromatic rings. The summed E-state index contributed by atoms with van der Waals surface area (Å²) in [6, 6.07) is 4.08. The molecule has 0 saturated heterocycles. The molecule has 0 unspecified atom stereocenters. The molecule has 0 amide bonds. The summed E-state index contributed by atoms with van der Waals surface area (Å²) in [5, 5.41) is 7.91. The quantitative estimate of drug-likeness (QED) is 0.896. The largest absolute Gasteiger partial charge is 0.385 e. The lowest BCUT2D eigenvalue weighted by atomic mass is 10.1. The van der Waals surface area contributed by atoms with E-state index in [0.29, 0.717) is 0 Å². The monoisotopic (exact) mass is 258 g/mol. The van der Waals surface area contributed by atoms with E-state index in [1.807, 2.05) is 16.9 Å². The maximum Gasteiger partial charge on any atom is 0.0835 e. The fourth-order valence-corrected chi connectivity index (χ4v) is 2.43. The highest BCUT2D eigenvalue weighted by Gasteiger charge is 2.10. The summed E-state index contributed by atoms with van der Waals surface area (Å²) in [4.78, 5) is 4.42. The van der Waals surface area contributed by atoms with Crippen LogP contribution in [0, 0.1) is 13.8 Å². The Morgan fingerprint density at radius 1 is 1.26 bits per heavy atom. The van der Waals surface area contributed by atoms with Crippen molar-refractivity contribution in [3.05, 3.63) is 41.0 Å². The Morgan fingerprint density at radius 3 is 2.68 bits per heavy atom. The first-order valence-electron chi connectivity index (χ1n) is 6.87. The van der Waals surface area contributed by atoms with E-state index in [9.17, 15) is 0 Å². The van der Waals surface area contributed by atoms with Gasteiger partial charge in [-0.2, -0.15) is 5.10 Å². The second-order valence-electron chi connectivity index (χ2n) is 4.73. The molecular formula is C15H22N4. The first kappa shape index (κ1) is 13.6. The molecule has 0 aromatic carbocycles. The van der Waals surface area contributed by atoms with Gasteiger partial charge in [0.15, 0.2) is 0 Å². The van der Waals surface area contributed by atoms with Gasteiger partial charge in [-0.3, -0.25) is 9.67 Å². The predicted octanol–water partition coefficient (Wildman–Crippen LogP) is 2.94. The van der Waals surface area contributed by atoms with Crippen LogP contribution in [0.2, 0.25) is 0 Å². The number of aryl methyl sites for hydroxylation is 1. The summed E-state index contributed by atoms with van der Waals surface area (Å²) < 4.78 is 2.05. The maximum absolute atomic E-state index is 4.61. The van der Waals surface area contributed by atoms with Crippen LogP contribution in [0.1, 0.15) is 36.5 Å². The molecule has 0 bridgehead atoms. The summed E-state index contributed by atoms with van der Waals surface area (Å²) in [5.74, 6) is 0. The molecular weight excluding hydrogens is 236 g/mol.